The Morgan fingerprint density at radius 2 is 1.48 bits per heavy atom. The van der Waals surface area contributed by atoms with E-state index in [-0.39, 0.29) is 17.6 Å². The van der Waals surface area contributed by atoms with E-state index in [1.807, 2.05) is 0 Å². The summed E-state index contributed by atoms with van der Waals surface area (Å²) in [5.41, 5.74) is 2.66. The monoisotopic (exact) mass is 588 g/mol. The van der Waals surface area contributed by atoms with Gasteiger partial charge in [-0.15, -0.1) is 0 Å². The van der Waals surface area contributed by atoms with Crippen molar-refractivity contribution >= 4 is 11.9 Å². The predicted octanol–water partition coefficient (Wildman–Crippen LogP) is 3.12. The van der Waals surface area contributed by atoms with Crippen molar-refractivity contribution in [3.05, 3.63) is 35.4 Å². The number of aliphatic carboxylic acids is 2. The number of rotatable bonds is 5. The molecule has 2 saturated heterocycles. The Morgan fingerprint density at radius 3 is 1.95 bits per heavy atom. The number of carboxylic acid groups (broad SMARTS) is 2. The van der Waals surface area contributed by atoms with E-state index in [1.54, 1.807) is 7.11 Å². The molecule has 1 aliphatic carbocycles. The summed E-state index contributed by atoms with van der Waals surface area (Å²) in [6, 6.07) is 8.88. The van der Waals surface area contributed by atoms with Crippen LogP contribution < -0.4 is 5.32 Å². The van der Waals surface area contributed by atoms with E-state index in [0.717, 1.165) is 51.9 Å². The van der Waals surface area contributed by atoms with Crippen LogP contribution in [-0.4, -0.2) is 103 Å². The van der Waals surface area contributed by atoms with Gasteiger partial charge in [-0.3, -0.25) is 4.90 Å². The van der Waals surface area contributed by atoms with E-state index in [1.165, 1.54) is 11.1 Å². The van der Waals surface area contributed by atoms with Crippen LogP contribution in [0.25, 0.3) is 0 Å². The third-order valence-electron chi connectivity index (χ3n) is 7.17. The second-order valence-corrected chi connectivity index (χ2v) is 9.59. The minimum Gasteiger partial charge on any atom is -0.475 e. The molecule has 0 unspecified atom stereocenters. The minimum atomic E-state index is -5.08. The number of methoxy groups -OCH3 is 1. The molecule has 4 rings (SSSR count). The molecular formula is C25H34F6N2O7. The van der Waals surface area contributed by atoms with Crippen molar-refractivity contribution in [2.45, 2.75) is 61.7 Å². The molecule has 2 heterocycles. The van der Waals surface area contributed by atoms with Crippen LogP contribution in [0.2, 0.25) is 0 Å². The molecule has 1 spiro atoms. The van der Waals surface area contributed by atoms with E-state index in [9.17, 15) is 31.4 Å². The van der Waals surface area contributed by atoms with Crippen molar-refractivity contribution in [1.82, 2.24) is 10.2 Å². The number of nitrogens with zero attached hydrogens (tertiary/aromatic N) is 1. The summed E-state index contributed by atoms with van der Waals surface area (Å²) in [5.74, 6) is -5.51. The number of hydrogen-bond donors (Lipinski definition) is 4. The highest BCUT2D eigenvalue weighted by atomic mass is 19.4. The minimum absolute atomic E-state index is 0.0711. The average molecular weight is 589 g/mol. The second kappa shape index (κ2) is 14.4. The van der Waals surface area contributed by atoms with Crippen molar-refractivity contribution in [3.63, 3.8) is 0 Å². The number of ether oxygens (including phenoxy) is 2. The maximum Gasteiger partial charge on any atom is 0.490 e. The normalized spacial score (nSPS) is 22.9. The van der Waals surface area contributed by atoms with Gasteiger partial charge in [-0.05, 0) is 49.9 Å². The summed E-state index contributed by atoms with van der Waals surface area (Å²) in [7, 11) is 1.71. The number of hydrogen-bond acceptors (Lipinski definition) is 7. The standard InChI is InChI=1S/C21H32N2O3.2C2HF3O2/c1-25-14-15-26-16-6-12-23(13-7-16)19-17-4-2-3-5-18(17)21(20(19)24)8-10-22-11-9-21;2*3-2(4,5)1(6)7/h2-5,16,19-20,22,24H,6-15H2,1H3;2*(H,6,7)/t19-,20+;;/m1../s1. The van der Waals surface area contributed by atoms with E-state index in [4.69, 9.17) is 29.3 Å². The van der Waals surface area contributed by atoms with Gasteiger partial charge >= 0.3 is 24.3 Å². The molecule has 15 heteroatoms. The summed E-state index contributed by atoms with van der Waals surface area (Å²) in [4.78, 5) is 20.3. The van der Waals surface area contributed by atoms with Crippen LogP contribution >= 0.6 is 0 Å². The van der Waals surface area contributed by atoms with Crippen LogP contribution in [-0.2, 0) is 24.5 Å². The first-order chi connectivity index (χ1) is 18.6. The van der Waals surface area contributed by atoms with E-state index < -0.39 is 24.3 Å². The predicted molar refractivity (Wildman–Crippen MR) is 129 cm³/mol. The summed E-state index contributed by atoms with van der Waals surface area (Å²) < 4.78 is 74.5. The zero-order valence-electron chi connectivity index (χ0n) is 21.8. The lowest BCUT2D eigenvalue weighted by atomic mass is 9.72. The number of nitrogens with one attached hydrogen (secondary N) is 1. The van der Waals surface area contributed by atoms with Crippen molar-refractivity contribution in [1.29, 1.82) is 0 Å². The second-order valence-electron chi connectivity index (χ2n) is 9.59. The Bertz CT molecular complexity index is 938. The molecule has 0 amide bonds. The number of aliphatic hydroxyl groups is 1. The molecule has 0 bridgehead atoms. The van der Waals surface area contributed by atoms with Gasteiger partial charge in [0.25, 0.3) is 0 Å². The van der Waals surface area contributed by atoms with Gasteiger partial charge in [0, 0.05) is 25.6 Å². The Labute approximate surface area is 227 Å². The molecule has 0 radical (unpaired) electrons. The first kappa shape index (κ1) is 33.7. The molecule has 9 nitrogen and oxygen atoms in total. The molecule has 228 valence electrons. The van der Waals surface area contributed by atoms with Crippen LogP contribution in [0.15, 0.2) is 24.3 Å². The summed E-state index contributed by atoms with van der Waals surface area (Å²) >= 11 is 0. The third kappa shape index (κ3) is 8.77. The quantitative estimate of drug-likeness (QED) is 0.303. The number of benzene rings is 1. The molecule has 2 aliphatic heterocycles. The smallest absolute Gasteiger partial charge is 0.475 e. The lowest BCUT2D eigenvalue weighted by Gasteiger charge is -2.42. The summed E-state index contributed by atoms with van der Waals surface area (Å²) in [5, 5.41) is 29.2. The number of fused-ring (bicyclic) bond motifs is 2. The van der Waals surface area contributed by atoms with Crippen LogP contribution in [0, 0.1) is 0 Å². The molecule has 4 N–H and O–H groups in total. The van der Waals surface area contributed by atoms with E-state index in [2.05, 4.69) is 34.5 Å². The molecule has 2 atom stereocenters. The van der Waals surface area contributed by atoms with Gasteiger partial charge in [0.15, 0.2) is 0 Å². The number of alkyl halides is 6. The fraction of sp³-hybridized carbons (Fsp3) is 0.680. The molecule has 1 aromatic carbocycles. The van der Waals surface area contributed by atoms with Crippen LogP contribution in [0.1, 0.15) is 42.9 Å². The fourth-order valence-corrected chi connectivity index (χ4v) is 5.29. The molecule has 0 saturated carbocycles. The van der Waals surface area contributed by atoms with Gasteiger partial charge in [-0.25, -0.2) is 9.59 Å². The molecule has 2 fully saturated rings. The highest BCUT2D eigenvalue weighted by Gasteiger charge is 2.53. The van der Waals surface area contributed by atoms with Gasteiger partial charge < -0.3 is 30.1 Å². The summed E-state index contributed by atoms with van der Waals surface area (Å²) in [6.45, 7) is 5.29. The largest absolute Gasteiger partial charge is 0.490 e. The molecule has 3 aliphatic rings. The molecular weight excluding hydrogens is 554 g/mol. The molecule has 1 aromatic rings. The van der Waals surface area contributed by atoms with Crippen LogP contribution in [0.5, 0.6) is 0 Å². The highest BCUT2D eigenvalue weighted by molar-refractivity contribution is 5.73. The lowest BCUT2D eigenvalue weighted by molar-refractivity contribution is -0.193. The lowest BCUT2D eigenvalue weighted by Crippen LogP contribution is -2.50. The van der Waals surface area contributed by atoms with Gasteiger partial charge in [0.1, 0.15) is 0 Å². The van der Waals surface area contributed by atoms with E-state index in [0.29, 0.717) is 19.3 Å². The molecule has 40 heavy (non-hydrogen) atoms. The topological polar surface area (TPSA) is 129 Å². The Kier molecular flexibility index (Phi) is 12.2. The van der Waals surface area contributed by atoms with Crippen LogP contribution in [0.3, 0.4) is 0 Å². The molecule has 0 aromatic heterocycles. The maximum atomic E-state index is 11.5. The summed E-state index contributed by atoms with van der Waals surface area (Å²) in [6.07, 6.45) is -6.04. The SMILES string of the molecule is COCCOC1CCN([C@@H]2c3ccccc3C3(CCNCC3)[C@H]2O)CC1.O=C(O)C(F)(F)F.O=C(O)C(F)(F)F. The van der Waals surface area contributed by atoms with Crippen molar-refractivity contribution in [2.24, 2.45) is 0 Å². The Balaban J connectivity index is 0.000000333. The Morgan fingerprint density at radius 1 is 0.975 bits per heavy atom. The van der Waals surface area contributed by atoms with Crippen LogP contribution in [0.4, 0.5) is 26.3 Å². The van der Waals surface area contributed by atoms with Gasteiger partial charge in [-0.1, -0.05) is 24.3 Å². The van der Waals surface area contributed by atoms with Gasteiger partial charge in [0.05, 0.1) is 31.5 Å². The van der Waals surface area contributed by atoms with Crippen molar-refractivity contribution in [3.8, 4) is 0 Å². The zero-order chi connectivity index (χ0) is 30.1. The van der Waals surface area contributed by atoms with Gasteiger partial charge in [0.2, 0.25) is 0 Å². The van der Waals surface area contributed by atoms with Crippen molar-refractivity contribution in [2.75, 3.05) is 46.5 Å². The number of aliphatic hydroxyl groups excluding tert-OH is 1. The number of halogens is 6. The highest BCUT2D eigenvalue weighted by Crippen LogP contribution is 2.52. The first-order valence-corrected chi connectivity index (χ1v) is 12.6. The maximum absolute atomic E-state index is 11.5. The fourth-order valence-electron chi connectivity index (χ4n) is 5.29. The van der Waals surface area contributed by atoms with E-state index >= 15 is 0 Å². The zero-order valence-corrected chi connectivity index (χ0v) is 21.8. The Hall–Kier alpha value is -2.46. The third-order valence-corrected chi connectivity index (χ3v) is 7.17. The van der Waals surface area contributed by atoms with Crippen molar-refractivity contribution < 1.29 is 60.7 Å². The number of piperidine rings is 2. The average Bonchev–Trinajstić information content (AvgIpc) is 3.12. The van der Waals surface area contributed by atoms with Gasteiger partial charge in [-0.2, -0.15) is 26.3 Å². The number of likely N-dealkylation sites (tertiary alicyclic amines) is 1. The number of carboxylic acids is 2. The number of carbonyl (C=O) groups is 2. The first-order valence-electron chi connectivity index (χ1n) is 12.6.